The summed E-state index contributed by atoms with van der Waals surface area (Å²) in [5.74, 6) is 1.69. The molecule has 1 aromatic rings. The van der Waals surface area contributed by atoms with Crippen LogP contribution in [-0.4, -0.2) is 56.7 Å². The number of nitrogens with zero attached hydrogens (tertiary/aromatic N) is 2. The molecule has 1 N–H and O–H groups in total. The third-order valence-electron chi connectivity index (χ3n) is 4.39. The van der Waals surface area contributed by atoms with Gasteiger partial charge in [0.15, 0.2) is 5.96 Å². The van der Waals surface area contributed by atoms with Crippen molar-refractivity contribution in [3.8, 4) is 5.75 Å². The lowest BCUT2D eigenvalue weighted by atomic mass is 9.99. The van der Waals surface area contributed by atoms with Crippen molar-refractivity contribution in [1.29, 1.82) is 0 Å². The Morgan fingerprint density at radius 2 is 2.04 bits per heavy atom. The van der Waals surface area contributed by atoms with Crippen LogP contribution >= 0.6 is 0 Å². The number of aliphatic imine (C=N–C) groups is 1. The maximum absolute atomic E-state index is 11.9. The highest BCUT2D eigenvalue weighted by atomic mass is 16.5. The van der Waals surface area contributed by atoms with E-state index in [4.69, 9.17) is 9.47 Å². The number of nitrogens with one attached hydrogen (secondary N) is 1. The summed E-state index contributed by atoms with van der Waals surface area (Å²) in [6.07, 6.45) is 0. The summed E-state index contributed by atoms with van der Waals surface area (Å²) in [6.45, 7) is 9.46. The van der Waals surface area contributed by atoms with Crippen LogP contribution in [0.3, 0.4) is 0 Å². The van der Waals surface area contributed by atoms with E-state index in [-0.39, 0.29) is 17.8 Å². The number of guanidine groups is 1. The van der Waals surface area contributed by atoms with Gasteiger partial charge in [0.2, 0.25) is 0 Å². The van der Waals surface area contributed by atoms with Crippen LogP contribution in [-0.2, 0) is 9.53 Å². The van der Waals surface area contributed by atoms with Crippen LogP contribution in [0.2, 0.25) is 0 Å². The number of likely N-dealkylation sites (tertiary alicyclic amines) is 1. The Kier molecular flexibility index (Phi) is 7.10. The van der Waals surface area contributed by atoms with Crippen molar-refractivity contribution in [1.82, 2.24) is 10.2 Å². The van der Waals surface area contributed by atoms with E-state index in [0.717, 1.165) is 24.8 Å². The Bertz CT molecular complexity index is 586. The maximum Gasteiger partial charge on any atom is 0.310 e. The lowest BCUT2D eigenvalue weighted by Gasteiger charge is -2.21. The van der Waals surface area contributed by atoms with Gasteiger partial charge in [-0.05, 0) is 31.9 Å². The van der Waals surface area contributed by atoms with Gasteiger partial charge in [0, 0.05) is 19.6 Å². The molecule has 0 aromatic heterocycles. The number of carbonyl (C=O) groups is 1. The maximum atomic E-state index is 11.9. The van der Waals surface area contributed by atoms with Crippen LogP contribution in [0.25, 0.3) is 0 Å². The molecule has 0 radical (unpaired) electrons. The molecule has 2 rings (SSSR count). The first-order valence-corrected chi connectivity index (χ1v) is 8.85. The molecule has 2 unspecified atom stereocenters. The van der Waals surface area contributed by atoms with E-state index in [2.05, 4.69) is 29.1 Å². The third kappa shape index (κ3) is 5.37. The minimum Gasteiger partial charge on any atom is -0.492 e. The summed E-state index contributed by atoms with van der Waals surface area (Å²) in [5.41, 5.74) is 1.21. The van der Waals surface area contributed by atoms with Gasteiger partial charge in [0.05, 0.1) is 19.6 Å². The first-order chi connectivity index (χ1) is 12.0. The minimum absolute atomic E-state index is 0.0994. The molecule has 1 saturated heterocycles. The van der Waals surface area contributed by atoms with Gasteiger partial charge in [-0.1, -0.05) is 24.6 Å². The molecule has 2 atom stereocenters. The molecule has 0 bridgehead atoms. The molecule has 0 amide bonds. The van der Waals surface area contributed by atoms with E-state index < -0.39 is 0 Å². The van der Waals surface area contributed by atoms with E-state index in [1.165, 1.54) is 12.7 Å². The predicted octanol–water partition coefficient (Wildman–Crippen LogP) is 2.08. The van der Waals surface area contributed by atoms with Crippen molar-refractivity contribution in [3.05, 3.63) is 29.8 Å². The molecule has 25 heavy (non-hydrogen) atoms. The number of esters is 1. The van der Waals surface area contributed by atoms with Crippen LogP contribution in [0.5, 0.6) is 5.75 Å². The summed E-state index contributed by atoms with van der Waals surface area (Å²) >= 11 is 0. The summed E-state index contributed by atoms with van der Waals surface area (Å²) in [4.78, 5) is 18.6. The second-order valence-corrected chi connectivity index (χ2v) is 6.41. The van der Waals surface area contributed by atoms with Gasteiger partial charge in [-0.25, -0.2) is 4.99 Å². The number of ether oxygens (including phenoxy) is 2. The Hall–Kier alpha value is -2.24. The van der Waals surface area contributed by atoms with Crippen molar-refractivity contribution in [2.45, 2.75) is 20.8 Å². The quantitative estimate of drug-likeness (QED) is 0.369. The number of aryl methyl sites for hydroxylation is 1. The smallest absolute Gasteiger partial charge is 0.310 e. The first-order valence-electron chi connectivity index (χ1n) is 8.85. The molecule has 1 heterocycles. The molecule has 138 valence electrons. The first kappa shape index (κ1) is 19.1. The van der Waals surface area contributed by atoms with Gasteiger partial charge in [0.25, 0.3) is 0 Å². The van der Waals surface area contributed by atoms with Crippen LogP contribution in [0.4, 0.5) is 0 Å². The Balaban J connectivity index is 1.90. The molecule has 1 fully saturated rings. The highest BCUT2D eigenvalue weighted by Crippen LogP contribution is 2.24. The molecule has 6 nitrogen and oxygen atoms in total. The zero-order valence-corrected chi connectivity index (χ0v) is 15.6. The minimum atomic E-state index is -0.145. The standard InChI is InChI=1S/C19H29N3O3/c1-5-20-19(22-12-15(3)17(13-22)18(23)24-4)21-10-11-25-16-8-6-14(2)7-9-16/h6-9,15,17H,5,10-13H2,1-4H3,(H,20,21). The molecule has 0 spiro atoms. The number of methoxy groups -OCH3 is 1. The number of benzene rings is 1. The van der Waals surface area contributed by atoms with Gasteiger partial charge in [-0.15, -0.1) is 0 Å². The van der Waals surface area contributed by atoms with Gasteiger partial charge < -0.3 is 19.7 Å². The molecule has 1 aliphatic heterocycles. The Labute approximate surface area is 150 Å². The predicted molar refractivity (Wildman–Crippen MR) is 98.9 cm³/mol. The summed E-state index contributed by atoms with van der Waals surface area (Å²) in [5, 5.41) is 3.30. The lowest BCUT2D eigenvalue weighted by molar-refractivity contribution is -0.145. The highest BCUT2D eigenvalue weighted by Gasteiger charge is 2.36. The van der Waals surface area contributed by atoms with Crippen LogP contribution in [0, 0.1) is 18.8 Å². The van der Waals surface area contributed by atoms with Crippen molar-refractivity contribution >= 4 is 11.9 Å². The topological polar surface area (TPSA) is 63.2 Å². The molecule has 0 saturated carbocycles. The van der Waals surface area contributed by atoms with Crippen molar-refractivity contribution in [3.63, 3.8) is 0 Å². The number of hydrogen-bond acceptors (Lipinski definition) is 4. The molecular weight excluding hydrogens is 318 g/mol. The second kappa shape index (κ2) is 9.30. The highest BCUT2D eigenvalue weighted by molar-refractivity contribution is 5.82. The van der Waals surface area contributed by atoms with Crippen LogP contribution in [0.15, 0.2) is 29.3 Å². The van der Waals surface area contributed by atoms with Gasteiger partial charge in [-0.2, -0.15) is 0 Å². The molecule has 1 aliphatic rings. The SMILES string of the molecule is CCNC(=NCCOc1ccc(C)cc1)N1CC(C)C(C(=O)OC)C1. The molecule has 1 aromatic carbocycles. The summed E-state index contributed by atoms with van der Waals surface area (Å²) < 4.78 is 10.6. The van der Waals surface area contributed by atoms with E-state index in [1.807, 2.05) is 31.2 Å². The molecule has 0 aliphatic carbocycles. The average molecular weight is 347 g/mol. The largest absolute Gasteiger partial charge is 0.492 e. The van der Waals surface area contributed by atoms with E-state index >= 15 is 0 Å². The Morgan fingerprint density at radius 3 is 2.68 bits per heavy atom. The van der Waals surface area contributed by atoms with Crippen molar-refractivity contribution in [2.24, 2.45) is 16.8 Å². The molecule has 6 heteroatoms. The number of rotatable bonds is 6. The fourth-order valence-electron chi connectivity index (χ4n) is 2.97. The zero-order chi connectivity index (χ0) is 18.2. The Morgan fingerprint density at radius 1 is 1.32 bits per heavy atom. The fourth-order valence-corrected chi connectivity index (χ4v) is 2.97. The number of hydrogen-bond donors (Lipinski definition) is 1. The number of carbonyl (C=O) groups excluding carboxylic acids is 1. The summed E-state index contributed by atoms with van der Waals surface area (Å²) in [6, 6.07) is 7.99. The fraction of sp³-hybridized carbons (Fsp3) is 0.579. The average Bonchev–Trinajstić information content (AvgIpc) is 3.00. The second-order valence-electron chi connectivity index (χ2n) is 6.41. The van der Waals surface area contributed by atoms with Crippen LogP contribution < -0.4 is 10.1 Å². The normalized spacial score (nSPS) is 20.5. The van der Waals surface area contributed by atoms with E-state index in [1.54, 1.807) is 0 Å². The molecular formula is C19H29N3O3. The zero-order valence-electron chi connectivity index (χ0n) is 15.6. The summed E-state index contributed by atoms with van der Waals surface area (Å²) in [7, 11) is 1.44. The van der Waals surface area contributed by atoms with Gasteiger partial charge in [0.1, 0.15) is 12.4 Å². The van der Waals surface area contributed by atoms with Crippen LogP contribution in [0.1, 0.15) is 19.4 Å². The van der Waals surface area contributed by atoms with Gasteiger partial charge >= 0.3 is 5.97 Å². The van der Waals surface area contributed by atoms with Gasteiger partial charge in [-0.3, -0.25) is 4.79 Å². The lowest BCUT2D eigenvalue weighted by Crippen LogP contribution is -2.41. The van der Waals surface area contributed by atoms with Crippen molar-refractivity contribution < 1.29 is 14.3 Å². The van der Waals surface area contributed by atoms with E-state index in [0.29, 0.717) is 19.7 Å². The van der Waals surface area contributed by atoms with E-state index in [9.17, 15) is 4.79 Å². The monoisotopic (exact) mass is 347 g/mol. The third-order valence-corrected chi connectivity index (χ3v) is 4.39. The van der Waals surface area contributed by atoms with Crippen molar-refractivity contribution in [2.75, 3.05) is 39.9 Å².